The maximum Gasteiger partial charge on any atom is 0.573 e. The van der Waals surface area contributed by atoms with E-state index in [1.165, 1.54) is 40.8 Å². The Morgan fingerprint density at radius 3 is 2.48 bits per heavy atom. The number of alkyl halides is 3. The lowest BCUT2D eigenvalue weighted by Gasteiger charge is -2.18. The molecule has 2 aromatic carbocycles. The topological polar surface area (TPSA) is 64.7 Å². The van der Waals surface area contributed by atoms with Crippen molar-refractivity contribution >= 4 is 17.0 Å². The van der Waals surface area contributed by atoms with Gasteiger partial charge in [-0.15, -0.1) is 13.2 Å². The highest BCUT2D eigenvalue weighted by atomic mass is 19.4. The van der Waals surface area contributed by atoms with Crippen LogP contribution in [0.3, 0.4) is 0 Å². The Hall–Kier alpha value is -3.23. The number of oxazole rings is 1. The highest BCUT2D eigenvalue weighted by molar-refractivity contribution is 5.79. The minimum Gasteiger partial charge on any atom is -0.408 e. The number of rotatable bonds is 5. The zero-order valence-corrected chi connectivity index (χ0v) is 14.2. The van der Waals surface area contributed by atoms with Crippen LogP contribution in [0.2, 0.25) is 0 Å². The Balaban J connectivity index is 1.67. The third kappa shape index (κ3) is 4.49. The molecule has 1 aromatic heterocycles. The van der Waals surface area contributed by atoms with Gasteiger partial charge in [0.15, 0.2) is 5.58 Å². The maximum absolute atomic E-state index is 12.4. The van der Waals surface area contributed by atoms with E-state index in [-0.39, 0.29) is 24.7 Å². The molecule has 0 radical (unpaired) electrons. The molecule has 0 aliphatic rings. The van der Waals surface area contributed by atoms with Gasteiger partial charge < -0.3 is 14.1 Å². The van der Waals surface area contributed by atoms with Gasteiger partial charge >= 0.3 is 12.1 Å². The first kappa shape index (κ1) is 18.6. The standard InChI is InChI=1S/C18H15F3N2O4/c1-22(10-12-6-8-13(9-7-12)27-18(19,20)21)16(24)11-23-14-4-2-3-5-15(14)26-17(23)25/h2-9H,10-11H2,1H3. The van der Waals surface area contributed by atoms with Gasteiger partial charge in [-0.2, -0.15) is 0 Å². The molecule has 27 heavy (non-hydrogen) atoms. The molecule has 0 aliphatic carbocycles. The second kappa shape index (κ2) is 7.18. The predicted octanol–water partition coefficient (Wildman–Crippen LogP) is 3.15. The van der Waals surface area contributed by atoms with E-state index in [2.05, 4.69) is 4.74 Å². The van der Waals surface area contributed by atoms with E-state index in [9.17, 15) is 22.8 Å². The van der Waals surface area contributed by atoms with Gasteiger partial charge in [0.05, 0.1) is 5.52 Å². The van der Waals surface area contributed by atoms with Crippen molar-refractivity contribution in [2.24, 2.45) is 0 Å². The lowest BCUT2D eigenvalue weighted by atomic mass is 10.2. The van der Waals surface area contributed by atoms with E-state index < -0.39 is 12.1 Å². The number of fused-ring (bicyclic) bond motifs is 1. The normalized spacial score (nSPS) is 11.6. The van der Waals surface area contributed by atoms with Crippen LogP contribution in [0, 0.1) is 0 Å². The summed E-state index contributed by atoms with van der Waals surface area (Å²) in [5.41, 5.74) is 1.51. The number of ether oxygens (including phenoxy) is 1. The van der Waals surface area contributed by atoms with Gasteiger partial charge in [0.2, 0.25) is 5.91 Å². The molecule has 1 heterocycles. The average Bonchev–Trinajstić information content (AvgIpc) is 2.91. The van der Waals surface area contributed by atoms with Crippen molar-refractivity contribution in [3.05, 3.63) is 64.6 Å². The molecule has 0 atom stereocenters. The Morgan fingerprint density at radius 1 is 1.15 bits per heavy atom. The van der Waals surface area contributed by atoms with Gasteiger partial charge in [-0.05, 0) is 29.8 Å². The van der Waals surface area contributed by atoms with Crippen LogP contribution in [0.25, 0.3) is 11.1 Å². The van der Waals surface area contributed by atoms with Crippen molar-refractivity contribution in [3.63, 3.8) is 0 Å². The van der Waals surface area contributed by atoms with Gasteiger partial charge in [0, 0.05) is 13.6 Å². The van der Waals surface area contributed by atoms with Gasteiger partial charge in [0.1, 0.15) is 12.3 Å². The van der Waals surface area contributed by atoms with Crippen LogP contribution < -0.4 is 10.5 Å². The lowest BCUT2D eigenvalue weighted by molar-refractivity contribution is -0.274. The van der Waals surface area contributed by atoms with E-state index in [1.54, 1.807) is 24.3 Å². The first-order valence-corrected chi connectivity index (χ1v) is 7.90. The molecule has 0 saturated heterocycles. The summed E-state index contributed by atoms with van der Waals surface area (Å²) in [6.45, 7) is -0.0444. The van der Waals surface area contributed by atoms with E-state index in [4.69, 9.17) is 4.42 Å². The van der Waals surface area contributed by atoms with Crippen molar-refractivity contribution in [1.29, 1.82) is 0 Å². The van der Waals surface area contributed by atoms with Gasteiger partial charge in [-0.1, -0.05) is 24.3 Å². The largest absolute Gasteiger partial charge is 0.573 e. The van der Waals surface area contributed by atoms with E-state index >= 15 is 0 Å². The summed E-state index contributed by atoms with van der Waals surface area (Å²) < 4.78 is 46.6. The molecule has 142 valence electrons. The predicted molar refractivity (Wildman–Crippen MR) is 90.1 cm³/mol. The zero-order chi connectivity index (χ0) is 19.6. The third-order valence-corrected chi connectivity index (χ3v) is 3.87. The van der Waals surface area contributed by atoms with Gasteiger partial charge in [0.25, 0.3) is 0 Å². The van der Waals surface area contributed by atoms with Crippen LogP contribution in [-0.4, -0.2) is 28.8 Å². The summed E-state index contributed by atoms with van der Waals surface area (Å²) in [5, 5.41) is 0. The number of carbonyl (C=O) groups excluding carboxylic acids is 1. The monoisotopic (exact) mass is 380 g/mol. The Kier molecular flexibility index (Phi) is 4.93. The molecule has 0 N–H and O–H groups in total. The summed E-state index contributed by atoms with van der Waals surface area (Å²) in [5.74, 6) is -1.32. The fourth-order valence-corrected chi connectivity index (χ4v) is 2.58. The number of likely N-dealkylation sites (N-methyl/N-ethyl adjacent to an activating group) is 1. The molecule has 0 aliphatic heterocycles. The van der Waals surface area contributed by atoms with Crippen LogP contribution in [0.4, 0.5) is 13.2 Å². The number of benzene rings is 2. The Bertz CT molecular complexity index is 1010. The summed E-state index contributed by atoms with van der Waals surface area (Å²) >= 11 is 0. The first-order valence-electron chi connectivity index (χ1n) is 7.90. The minimum absolute atomic E-state index is 0.162. The zero-order valence-electron chi connectivity index (χ0n) is 14.2. The fourth-order valence-electron chi connectivity index (χ4n) is 2.58. The number of nitrogens with zero attached hydrogens (tertiary/aromatic N) is 2. The fraction of sp³-hybridized carbons (Fsp3) is 0.222. The van der Waals surface area contributed by atoms with Gasteiger partial charge in [-0.25, -0.2) is 4.79 Å². The molecule has 9 heteroatoms. The van der Waals surface area contributed by atoms with Crippen molar-refractivity contribution in [2.45, 2.75) is 19.5 Å². The lowest BCUT2D eigenvalue weighted by Crippen LogP contribution is -2.32. The van der Waals surface area contributed by atoms with Gasteiger partial charge in [-0.3, -0.25) is 9.36 Å². The SMILES string of the molecule is CN(Cc1ccc(OC(F)(F)F)cc1)C(=O)Cn1c(=O)oc2ccccc21. The van der Waals surface area contributed by atoms with Crippen molar-refractivity contribution in [3.8, 4) is 5.75 Å². The summed E-state index contributed by atoms with van der Waals surface area (Å²) in [6.07, 6.45) is -4.76. The summed E-state index contributed by atoms with van der Waals surface area (Å²) in [7, 11) is 1.54. The van der Waals surface area contributed by atoms with Crippen molar-refractivity contribution < 1.29 is 27.1 Å². The minimum atomic E-state index is -4.76. The Morgan fingerprint density at radius 2 is 1.81 bits per heavy atom. The summed E-state index contributed by atoms with van der Waals surface area (Å²) in [4.78, 5) is 25.7. The number of carbonyl (C=O) groups is 1. The number of aromatic nitrogens is 1. The molecule has 0 bridgehead atoms. The molecule has 3 rings (SSSR count). The van der Waals surface area contributed by atoms with E-state index in [0.717, 1.165) is 0 Å². The molecule has 0 spiro atoms. The summed E-state index contributed by atoms with van der Waals surface area (Å²) in [6, 6.07) is 12.0. The molecule has 3 aromatic rings. The number of halogens is 3. The molecule has 6 nitrogen and oxygen atoms in total. The molecular formula is C18H15F3N2O4. The quantitative estimate of drug-likeness (QED) is 0.682. The first-order chi connectivity index (χ1) is 12.7. The molecule has 0 fully saturated rings. The highest BCUT2D eigenvalue weighted by Gasteiger charge is 2.31. The third-order valence-electron chi connectivity index (χ3n) is 3.87. The molecule has 0 saturated carbocycles. The highest BCUT2D eigenvalue weighted by Crippen LogP contribution is 2.23. The number of hydrogen-bond acceptors (Lipinski definition) is 4. The van der Waals surface area contributed by atoms with Crippen molar-refractivity contribution in [2.75, 3.05) is 7.05 Å². The second-order valence-electron chi connectivity index (χ2n) is 5.86. The smallest absolute Gasteiger partial charge is 0.408 e. The van der Waals surface area contributed by atoms with Crippen LogP contribution in [-0.2, 0) is 17.9 Å². The van der Waals surface area contributed by atoms with Crippen LogP contribution >= 0.6 is 0 Å². The second-order valence-corrected chi connectivity index (χ2v) is 5.86. The van der Waals surface area contributed by atoms with Crippen LogP contribution in [0.5, 0.6) is 5.75 Å². The van der Waals surface area contributed by atoms with Crippen LogP contribution in [0.1, 0.15) is 5.56 Å². The number of para-hydroxylation sites is 2. The average molecular weight is 380 g/mol. The van der Waals surface area contributed by atoms with E-state index in [0.29, 0.717) is 16.7 Å². The van der Waals surface area contributed by atoms with E-state index in [1.807, 2.05) is 0 Å². The Labute approximate surface area is 151 Å². The molecular weight excluding hydrogens is 365 g/mol. The maximum atomic E-state index is 12.4. The van der Waals surface area contributed by atoms with Crippen LogP contribution in [0.15, 0.2) is 57.7 Å². The number of hydrogen-bond donors (Lipinski definition) is 0. The molecule has 0 unspecified atom stereocenters. The number of amides is 1. The van der Waals surface area contributed by atoms with Crippen molar-refractivity contribution in [1.82, 2.24) is 9.47 Å². The molecule has 1 amide bonds.